The first-order valence-electron chi connectivity index (χ1n) is 7.24. The molecule has 134 valence electrons. The van der Waals surface area contributed by atoms with Crippen LogP contribution in [0.5, 0.6) is 0 Å². The number of rotatable bonds is 4. The number of hydrogen-bond acceptors (Lipinski definition) is 9. The Kier molecular flexibility index (Phi) is 5.61. The van der Waals surface area contributed by atoms with E-state index in [0.717, 1.165) is 4.57 Å². The Balaban J connectivity index is 2.27. The zero-order valence-electron chi connectivity index (χ0n) is 13.6. The molecule has 1 aliphatic rings. The molecule has 25 heavy (non-hydrogen) atoms. The van der Waals surface area contributed by atoms with Crippen LogP contribution in [0.15, 0.2) is 11.0 Å². The number of carbonyl (C=O) groups excluding carboxylic acids is 2. The standard InChI is InChI=1S/C15H17N3O7/c1-4-9-6-18(14(20)17-12(9)16)13-11(24-8(2)19)5-10(25-13)7-23-15(21)22-3/h1,6,10-11,13H,5,7H2,2-3H3,(H2,16,17,20)/t10-,11+,13+/m0/s1. The van der Waals surface area contributed by atoms with Crippen molar-refractivity contribution in [3.8, 4) is 12.3 Å². The molecule has 0 spiro atoms. The number of anilines is 1. The van der Waals surface area contributed by atoms with Crippen LogP contribution in [0.25, 0.3) is 0 Å². The van der Waals surface area contributed by atoms with Gasteiger partial charge in [-0.05, 0) is 0 Å². The largest absolute Gasteiger partial charge is 0.508 e. The summed E-state index contributed by atoms with van der Waals surface area (Å²) in [6.07, 6.45) is 3.55. The van der Waals surface area contributed by atoms with Gasteiger partial charge in [0.2, 0.25) is 0 Å². The maximum Gasteiger partial charge on any atom is 0.508 e. The summed E-state index contributed by atoms with van der Waals surface area (Å²) in [4.78, 5) is 38.1. The van der Waals surface area contributed by atoms with Gasteiger partial charge in [-0.15, -0.1) is 6.42 Å². The van der Waals surface area contributed by atoms with E-state index >= 15 is 0 Å². The molecule has 1 saturated heterocycles. The molecular weight excluding hydrogens is 334 g/mol. The molecule has 0 amide bonds. The van der Waals surface area contributed by atoms with E-state index in [1.807, 2.05) is 0 Å². The molecule has 3 atom stereocenters. The molecule has 0 unspecified atom stereocenters. The van der Waals surface area contributed by atoms with Gasteiger partial charge >= 0.3 is 17.8 Å². The van der Waals surface area contributed by atoms with Gasteiger partial charge in [0.1, 0.15) is 18.5 Å². The Bertz CT molecular complexity index is 767. The molecule has 1 fully saturated rings. The van der Waals surface area contributed by atoms with E-state index in [0.29, 0.717) is 0 Å². The van der Waals surface area contributed by atoms with Crippen LogP contribution in [0.2, 0.25) is 0 Å². The van der Waals surface area contributed by atoms with Crippen LogP contribution in [0, 0.1) is 12.3 Å². The van der Waals surface area contributed by atoms with Crippen molar-refractivity contribution in [2.24, 2.45) is 0 Å². The summed E-state index contributed by atoms with van der Waals surface area (Å²) in [6, 6.07) is 0. The number of nitrogens with zero attached hydrogens (tertiary/aromatic N) is 2. The maximum absolute atomic E-state index is 12.1. The Labute approximate surface area is 142 Å². The second kappa shape index (κ2) is 7.67. The maximum atomic E-state index is 12.1. The van der Waals surface area contributed by atoms with Crippen LogP contribution < -0.4 is 11.4 Å². The Morgan fingerprint density at radius 2 is 2.28 bits per heavy atom. The first-order chi connectivity index (χ1) is 11.8. The fourth-order valence-corrected chi connectivity index (χ4v) is 2.38. The van der Waals surface area contributed by atoms with E-state index < -0.39 is 36.3 Å². The zero-order valence-corrected chi connectivity index (χ0v) is 13.6. The van der Waals surface area contributed by atoms with Crippen molar-refractivity contribution < 1.29 is 28.5 Å². The lowest BCUT2D eigenvalue weighted by Gasteiger charge is -2.20. The van der Waals surface area contributed by atoms with Crippen LogP contribution in [0.4, 0.5) is 10.6 Å². The molecule has 0 aliphatic carbocycles. The third kappa shape index (κ3) is 4.27. The van der Waals surface area contributed by atoms with Gasteiger partial charge in [-0.1, -0.05) is 5.92 Å². The smallest absolute Gasteiger partial charge is 0.458 e. The summed E-state index contributed by atoms with van der Waals surface area (Å²) in [6.45, 7) is 1.09. The number of carbonyl (C=O) groups is 2. The molecule has 0 saturated carbocycles. The van der Waals surface area contributed by atoms with Crippen molar-refractivity contribution in [3.63, 3.8) is 0 Å². The second-order valence-electron chi connectivity index (χ2n) is 5.17. The second-order valence-corrected chi connectivity index (χ2v) is 5.17. The number of methoxy groups -OCH3 is 1. The SMILES string of the molecule is C#Cc1cn([C@@H]2O[C@H](COC(=O)OC)C[C@H]2OC(C)=O)c(=O)nc1N. The summed E-state index contributed by atoms with van der Waals surface area (Å²) in [5.74, 6) is 1.66. The number of aromatic nitrogens is 2. The minimum atomic E-state index is -0.983. The van der Waals surface area contributed by atoms with Crippen LogP contribution in [-0.4, -0.2) is 47.6 Å². The van der Waals surface area contributed by atoms with Crippen LogP contribution in [0.3, 0.4) is 0 Å². The predicted molar refractivity (Wildman–Crippen MR) is 83.3 cm³/mol. The summed E-state index contributed by atoms with van der Waals surface area (Å²) >= 11 is 0. The lowest BCUT2D eigenvalue weighted by atomic mass is 10.2. The lowest BCUT2D eigenvalue weighted by Crippen LogP contribution is -2.34. The third-order valence-electron chi connectivity index (χ3n) is 3.43. The number of ether oxygens (including phenoxy) is 4. The number of nitrogen functional groups attached to an aromatic ring is 1. The average Bonchev–Trinajstić information content (AvgIpc) is 2.94. The monoisotopic (exact) mass is 351 g/mol. The van der Waals surface area contributed by atoms with Crippen molar-refractivity contribution in [2.45, 2.75) is 31.8 Å². The van der Waals surface area contributed by atoms with Crippen LogP contribution in [0.1, 0.15) is 25.1 Å². The van der Waals surface area contributed by atoms with Gasteiger partial charge in [0.15, 0.2) is 6.23 Å². The molecular formula is C15H17N3O7. The molecule has 0 radical (unpaired) electrons. The number of nitrogens with two attached hydrogens (primary N) is 1. The van der Waals surface area contributed by atoms with Crippen molar-refractivity contribution in [3.05, 3.63) is 22.2 Å². The summed E-state index contributed by atoms with van der Waals surface area (Å²) in [5.41, 5.74) is 5.05. The molecule has 10 nitrogen and oxygen atoms in total. The quantitative estimate of drug-likeness (QED) is 0.579. The van der Waals surface area contributed by atoms with Gasteiger partial charge < -0.3 is 24.7 Å². The first kappa shape index (κ1) is 18.3. The lowest BCUT2D eigenvalue weighted by molar-refractivity contribution is -0.152. The highest BCUT2D eigenvalue weighted by molar-refractivity contribution is 5.66. The third-order valence-corrected chi connectivity index (χ3v) is 3.43. The number of esters is 1. The fraction of sp³-hybridized carbons (Fsp3) is 0.467. The number of hydrogen-bond donors (Lipinski definition) is 1. The molecule has 2 N–H and O–H groups in total. The van der Waals surface area contributed by atoms with Crippen LogP contribution in [-0.2, 0) is 23.7 Å². The highest BCUT2D eigenvalue weighted by Crippen LogP contribution is 2.31. The van der Waals surface area contributed by atoms with Gasteiger partial charge in [-0.2, -0.15) is 4.98 Å². The normalized spacial score (nSPS) is 22.0. The van der Waals surface area contributed by atoms with Crippen molar-refractivity contribution in [1.29, 1.82) is 0 Å². The van der Waals surface area contributed by atoms with E-state index in [9.17, 15) is 14.4 Å². The predicted octanol–water partition coefficient (Wildman–Crippen LogP) is -0.191. The Morgan fingerprint density at radius 3 is 2.88 bits per heavy atom. The van der Waals surface area contributed by atoms with Crippen LogP contribution >= 0.6 is 0 Å². The molecule has 2 heterocycles. The molecule has 1 aromatic heterocycles. The minimum Gasteiger partial charge on any atom is -0.458 e. The topological polar surface area (TPSA) is 132 Å². The van der Waals surface area contributed by atoms with E-state index in [-0.39, 0.29) is 24.4 Å². The van der Waals surface area contributed by atoms with E-state index in [2.05, 4.69) is 15.6 Å². The van der Waals surface area contributed by atoms with Gasteiger partial charge in [0.25, 0.3) is 0 Å². The van der Waals surface area contributed by atoms with Gasteiger partial charge in [0, 0.05) is 19.5 Å². The van der Waals surface area contributed by atoms with Gasteiger partial charge in [-0.3, -0.25) is 9.36 Å². The zero-order chi connectivity index (χ0) is 18.6. The Morgan fingerprint density at radius 1 is 1.56 bits per heavy atom. The van der Waals surface area contributed by atoms with E-state index in [1.54, 1.807) is 0 Å². The molecule has 0 bridgehead atoms. The number of terminal acetylenes is 1. The van der Waals surface area contributed by atoms with Crippen molar-refractivity contribution >= 4 is 17.9 Å². The average molecular weight is 351 g/mol. The fourth-order valence-electron chi connectivity index (χ4n) is 2.38. The van der Waals surface area contributed by atoms with E-state index in [4.69, 9.17) is 26.4 Å². The molecule has 10 heteroatoms. The highest BCUT2D eigenvalue weighted by Gasteiger charge is 2.40. The summed E-state index contributed by atoms with van der Waals surface area (Å²) in [7, 11) is 1.17. The van der Waals surface area contributed by atoms with E-state index in [1.165, 1.54) is 20.2 Å². The molecule has 1 aliphatic heterocycles. The Hall–Kier alpha value is -3.06. The van der Waals surface area contributed by atoms with Gasteiger partial charge in [0.05, 0.1) is 18.8 Å². The van der Waals surface area contributed by atoms with Crippen molar-refractivity contribution in [2.75, 3.05) is 19.5 Å². The first-order valence-corrected chi connectivity index (χ1v) is 7.24. The minimum absolute atomic E-state index is 0.0867. The highest BCUT2D eigenvalue weighted by atomic mass is 16.7. The summed E-state index contributed by atoms with van der Waals surface area (Å²) in [5, 5.41) is 0. The molecule has 2 rings (SSSR count). The molecule has 0 aromatic carbocycles. The summed E-state index contributed by atoms with van der Waals surface area (Å²) < 4.78 is 21.2. The molecule has 1 aromatic rings. The van der Waals surface area contributed by atoms with Gasteiger partial charge in [-0.25, -0.2) is 9.59 Å². The van der Waals surface area contributed by atoms with Crippen molar-refractivity contribution in [1.82, 2.24) is 9.55 Å².